The number of nitrogens with one attached hydrogen (secondary N) is 1. The first-order valence-electron chi connectivity index (χ1n) is 10.9. The Balaban J connectivity index is 1.92. The highest BCUT2D eigenvalue weighted by Crippen LogP contribution is 2.32. The fourth-order valence-corrected chi connectivity index (χ4v) is 3.80. The number of nitrogens with zero attached hydrogens (tertiary/aromatic N) is 2. The number of pyridine rings is 1. The normalized spacial score (nSPS) is 13.4. The van der Waals surface area contributed by atoms with Crippen LogP contribution in [0.2, 0.25) is 0 Å². The summed E-state index contributed by atoms with van der Waals surface area (Å²) in [5.41, 5.74) is 4.39. The van der Waals surface area contributed by atoms with Gasteiger partial charge in [0.1, 0.15) is 0 Å². The average molecular weight is 464 g/mol. The van der Waals surface area contributed by atoms with E-state index in [2.05, 4.69) is 10.5 Å². The molecule has 3 aromatic rings. The van der Waals surface area contributed by atoms with Crippen LogP contribution in [0.1, 0.15) is 45.0 Å². The number of aryl methyl sites for hydroxylation is 2. The largest absolute Gasteiger partial charge is 0.411 e. The monoisotopic (exact) mass is 463 g/mol. The highest BCUT2D eigenvalue weighted by Gasteiger charge is 2.21. The molecule has 178 valence electrons. The fraction of sp³-hybridized carbons (Fsp3) is 0.269. The van der Waals surface area contributed by atoms with Crippen LogP contribution in [0.4, 0.5) is 0 Å². The zero-order chi connectivity index (χ0) is 24.7. The van der Waals surface area contributed by atoms with E-state index in [4.69, 9.17) is 5.11 Å². The minimum atomic E-state index is -1.01. The molecule has 0 bridgehead atoms. The van der Waals surface area contributed by atoms with Gasteiger partial charge < -0.3 is 25.3 Å². The highest BCUT2D eigenvalue weighted by atomic mass is 16.4. The number of aliphatic hydroxyl groups is 2. The third-order valence-electron chi connectivity index (χ3n) is 5.79. The van der Waals surface area contributed by atoms with Gasteiger partial charge in [-0.15, -0.1) is 0 Å². The Hall–Kier alpha value is -3.75. The number of aromatic nitrogens is 1. The molecule has 8 heteroatoms. The second-order valence-corrected chi connectivity index (χ2v) is 8.20. The number of rotatable bonds is 9. The molecule has 0 aliphatic heterocycles. The smallest absolute Gasteiger partial charge is 0.251 e. The molecule has 0 saturated heterocycles. The number of carbonyl (C=O) groups is 1. The average Bonchev–Trinajstić information content (AvgIpc) is 2.85. The standard InChI is InChI=1S/C26H29N3O5/c1-17-5-3-4-6-22(17)23(13-24(28-34)20-11-12-25(32)29(2)15-20)18-7-9-19(10-8-18)26(33)27-14-21(31)16-30/h3-12,15,21,23,30-31,34H,13-14,16H2,1-2H3,(H,27,33)/t21-,23?/m1/s1. The number of amides is 1. The van der Waals surface area contributed by atoms with Crippen molar-refractivity contribution in [3.05, 3.63) is 105 Å². The van der Waals surface area contributed by atoms with Gasteiger partial charge in [-0.25, -0.2) is 0 Å². The molecule has 1 aromatic heterocycles. The summed E-state index contributed by atoms with van der Waals surface area (Å²) in [5.74, 6) is -0.521. The van der Waals surface area contributed by atoms with E-state index in [1.54, 1.807) is 31.4 Å². The molecule has 1 unspecified atom stereocenters. The van der Waals surface area contributed by atoms with Crippen LogP contribution >= 0.6 is 0 Å². The van der Waals surface area contributed by atoms with Crippen LogP contribution in [0, 0.1) is 6.92 Å². The van der Waals surface area contributed by atoms with Gasteiger partial charge in [0.2, 0.25) is 5.56 Å². The van der Waals surface area contributed by atoms with Crippen molar-refractivity contribution in [3.63, 3.8) is 0 Å². The summed E-state index contributed by atoms with van der Waals surface area (Å²) in [5, 5.41) is 34.3. The number of hydrogen-bond acceptors (Lipinski definition) is 6. The van der Waals surface area contributed by atoms with E-state index in [-0.39, 0.29) is 23.9 Å². The van der Waals surface area contributed by atoms with Crippen LogP contribution in [-0.2, 0) is 7.05 Å². The third kappa shape index (κ3) is 5.98. The Kier molecular flexibility index (Phi) is 8.34. The van der Waals surface area contributed by atoms with Crippen LogP contribution in [0.25, 0.3) is 0 Å². The molecule has 3 rings (SSSR count). The lowest BCUT2D eigenvalue weighted by atomic mass is 9.83. The predicted molar refractivity (Wildman–Crippen MR) is 130 cm³/mol. The number of hydrogen-bond donors (Lipinski definition) is 4. The van der Waals surface area contributed by atoms with Gasteiger partial charge in [0.25, 0.3) is 5.91 Å². The van der Waals surface area contributed by atoms with Crippen molar-refractivity contribution < 1.29 is 20.2 Å². The SMILES string of the molecule is Cc1ccccc1C(CC(=NO)c1ccc(=O)n(C)c1)c1ccc(C(=O)NC[C@@H](O)CO)cc1. The molecule has 0 radical (unpaired) electrons. The van der Waals surface area contributed by atoms with Crippen molar-refractivity contribution in [2.24, 2.45) is 12.2 Å². The van der Waals surface area contributed by atoms with E-state index >= 15 is 0 Å². The lowest BCUT2D eigenvalue weighted by Gasteiger charge is -2.21. The molecule has 0 spiro atoms. The van der Waals surface area contributed by atoms with Crippen molar-refractivity contribution in [3.8, 4) is 0 Å². The topological polar surface area (TPSA) is 124 Å². The summed E-state index contributed by atoms with van der Waals surface area (Å²) in [4.78, 5) is 24.1. The molecule has 2 aromatic carbocycles. The molecule has 0 fully saturated rings. The maximum atomic E-state index is 12.4. The first-order valence-corrected chi connectivity index (χ1v) is 10.9. The van der Waals surface area contributed by atoms with Gasteiger partial charge in [-0.2, -0.15) is 0 Å². The van der Waals surface area contributed by atoms with E-state index in [0.29, 0.717) is 23.3 Å². The molecule has 4 N–H and O–H groups in total. The van der Waals surface area contributed by atoms with Gasteiger partial charge in [0.15, 0.2) is 0 Å². The zero-order valence-electron chi connectivity index (χ0n) is 19.2. The van der Waals surface area contributed by atoms with Crippen LogP contribution in [0.15, 0.2) is 76.8 Å². The summed E-state index contributed by atoms with van der Waals surface area (Å²) in [6.45, 7) is 1.54. The lowest BCUT2D eigenvalue weighted by Crippen LogP contribution is -2.33. The number of oxime groups is 1. The molecule has 34 heavy (non-hydrogen) atoms. The van der Waals surface area contributed by atoms with Crippen molar-refractivity contribution in [2.45, 2.75) is 25.4 Å². The van der Waals surface area contributed by atoms with Crippen molar-refractivity contribution in [1.82, 2.24) is 9.88 Å². The summed E-state index contributed by atoms with van der Waals surface area (Å²) in [6.07, 6.45) is 0.997. The number of carbonyl (C=O) groups excluding carboxylic acids is 1. The predicted octanol–water partition coefficient (Wildman–Crippen LogP) is 2.18. The first-order chi connectivity index (χ1) is 16.3. The van der Waals surface area contributed by atoms with Gasteiger partial charge in [-0.3, -0.25) is 9.59 Å². The Bertz CT molecular complexity index is 1220. The summed E-state index contributed by atoms with van der Waals surface area (Å²) >= 11 is 0. The van der Waals surface area contributed by atoms with Crippen LogP contribution in [-0.4, -0.2) is 50.9 Å². The van der Waals surface area contributed by atoms with Gasteiger partial charge in [0, 0.05) is 49.3 Å². The zero-order valence-corrected chi connectivity index (χ0v) is 19.2. The van der Waals surface area contributed by atoms with E-state index in [0.717, 1.165) is 16.7 Å². The summed E-state index contributed by atoms with van der Waals surface area (Å²) in [6, 6.07) is 18.1. The Labute approximate surface area is 197 Å². The third-order valence-corrected chi connectivity index (χ3v) is 5.79. The molecular weight excluding hydrogens is 434 g/mol. The second kappa shape index (κ2) is 11.4. The van der Waals surface area contributed by atoms with E-state index < -0.39 is 12.7 Å². The van der Waals surface area contributed by atoms with Crippen LogP contribution < -0.4 is 10.9 Å². The number of benzene rings is 2. The van der Waals surface area contributed by atoms with Crippen LogP contribution in [0.5, 0.6) is 0 Å². The quantitative estimate of drug-likeness (QED) is 0.220. The molecule has 0 saturated carbocycles. The van der Waals surface area contributed by atoms with Crippen molar-refractivity contribution in [1.29, 1.82) is 0 Å². The van der Waals surface area contributed by atoms with E-state index in [1.165, 1.54) is 10.6 Å². The van der Waals surface area contributed by atoms with Gasteiger partial charge in [-0.1, -0.05) is 41.6 Å². The van der Waals surface area contributed by atoms with E-state index in [1.807, 2.05) is 43.3 Å². The summed E-state index contributed by atoms with van der Waals surface area (Å²) < 4.78 is 1.43. The minimum absolute atomic E-state index is 0.0428. The molecule has 0 aliphatic carbocycles. The molecular formula is C26H29N3O5. The van der Waals surface area contributed by atoms with E-state index in [9.17, 15) is 19.9 Å². The molecule has 1 heterocycles. The molecule has 2 atom stereocenters. The molecule has 1 amide bonds. The Morgan fingerprint density at radius 1 is 1.06 bits per heavy atom. The maximum Gasteiger partial charge on any atom is 0.251 e. The first kappa shape index (κ1) is 24.9. The lowest BCUT2D eigenvalue weighted by molar-refractivity contribution is 0.0802. The van der Waals surface area contributed by atoms with Gasteiger partial charge in [-0.05, 0) is 41.8 Å². The van der Waals surface area contributed by atoms with Gasteiger partial charge in [0.05, 0.1) is 18.4 Å². The summed E-state index contributed by atoms with van der Waals surface area (Å²) in [7, 11) is 1.64. The fourth-order valence-electron chi connectivity index (χ4n) is 3.80. The van der Waals surface area contributed by atoms with Gasteiger partial charge >= 0.3 is 0 Å². The van der Waals surface area contributed by atoms with Crippen molar-refractivity contribution in [2.75, 3.05) is 13.2 Å². The van der Waals surface area contributed by atoms with Crippen LogP contribution in [0.3, 0.4) is 0 Å². The number of aliphatic hydroxyl groups excluding tert-OH is 2. The molecule has 0 aliphatic rings. The Morgan fingerprint density at radius 3 is 2.35 bits per heavy atom. The Morgan fingerprint density at radius 2 is 1.74 bits per heavy atom. The minimum Gasteiger partial charge on any atom is -0.411 e. The van der Waals surface area contributed by atoms with Crippen molar-refractivity contribution >= 4 is 11.6 Å². The molecule has 8 nitrogen and oxygen atoms in total. The highest BCUT2D eigenvalue weighted by molar-refractivity contribution is 6.00. The maximum absolute atomic E-state index is 12.4. The second-order valence-electron chi connectivity index (χ2n) is 8.20.